The van der Waals surface area contributed by atoms with Gasteiger partial charge < -0.3 is 5.32 Å². The van der Waals surface area contributed by atoms with E-state index < -0.39 is 22.0 Å². The first kappa shape index (κ1) is 16.1. The van der Waals surface area contributed by atoms with Crippen LogP contribution in [0.2, 0.25) is 0 Å². The first-order valence-corrected chi connectivity index (χ1v) is 7.43. The number of nitriles is 1. The summed E-state index contributed by atoms with van der Waals surface area (Å²) in [5.41, 5.74) is 0.120. The maximum Gasteiger partial charge on any atom is 0.242 e. The number of amides is 1. The Kier molecular flexibility index (Phi) is 5.19. The third-order valence-electron chi connectivity index (χ3n) is 2.32. The predicted molar refractivity (Wildman–Crippen MR) is 72.0 cm³/mol. The SMILES string of the molecule is CC(C)NC(=O)C(C)NS(=O)(=O)c1ccc(C#N)nc1. The molecule has 0 aliphatic heterocycles. The van der Waals surface area contributed by atoms with E-state index in [-0.39, 0.29) is 16.6 Å². The van der Waals surface area contributed by atoms with Crippen LogP contribution in [0.15, 0.2) is 23.2 Å². The highest BCUT2D eigenvalue weighted by molar-refractivity contribution is 7.89. The van der Waals surface area contributed by atoms with E-state index in [9.17, 15) is 13.2 Å². The van der Waals surface area contributed by atoms with Crippen molar-refractivity contribution in [2.45, 2.75) is 37.8 Å². The molecule has 0 aromatic carbocycles. The van der Waals surface area contributed by atoms with Crippen molar-refractivity contribution in [2.75, 3.05) is 0 Å². The average Bonchev–Trinajstić information content (AvgIpc) is 2.37. The second-order valence-electron chi connectivity index (χ2n) is 4.50. The number of aromatic nitrogens is 1. The molecule has 108 valence electrons. The quantitative estimate of drug-likeness (QED) is 0.803. The van der Waals surface area contributed by atoms with Crippen LogP contribution in [0.5, 0.6) is 0 Å². The molecule has 0 aliphatic rings. The van der Waals surface area contributed by atoms with E-state index in [1.807, 2.05) is 0 Å². The zero-order chi connectivity index (χ0) is 15.3. The van der Waals surface area contributed by atoms with Crippen LogP contribution in [0, 0.1) is 11.3 Å². The smallest absolute Gasteiger partial charge is 0.242 e. The van der Waals surface area contributed by atoms with Crippen molar-refractivity contribution in [3.05, 3.63) is 24.0 Å². The van der Waals surface area contributed by atoms with Crippen LogP contribution in [0.25, 0.3) is 0 Å². The Bertz CT molecular complexity index is 617. The minimum atomic E-state index is -3.85. The third-order valence-corrected chi connectivity index (χ3v) is 3.84. The van der Waals surface area contributed by atoms with Gasteiger partial charge in [-0.05, 0) is 32.9 Å². The van der Waals surface area contributed by atoms with Crippen LogP contribution in [0.4, 0.5) is 0 Å². The second kappa shape index (κ2) is 6.45. The molecule has 1 aromatic rings. The first-order valence-electron chi connectivity index (χ1n) is 5.95. The first-order chi connectivity index (χ1) is 9.26. The molecule has 7 nitrogen and oxygen atoms in total. The molecule has 1 heterocycles. The molecule has 1 atom stereocenters. The number of pyridine rings is 1. The van der Waals surface area contributed by atoms with E-state index in [0.717, 1.165) is 6.20 Å². The van der Waals surface area contributed by atoms with Crippen LogP contribution in [-0.2, 0) is 14.8 Å². The van der Waals surface area contributed by atoms with Crippen LogP contribution < -0.4 is 10.0 Å². The molecule has 0 radical (unpaired) electrons. The van der Waals surface area contributed by atoms with E-state index >= 15 is 0 Å². The Hall–Kier alpha value is -1.98. The van der Waals surface area contributed by atoms with Crippen molar-refractivity contribution < 1.29 is 13.2 Å². The van der Waals surface area contributed by atoms with Gasteiger partial charge in [-0.25, -0.2) is 13.4 Å². The molecule has 0 saturated heterocycles. The van der Waals surface area contributed by atoms with Gasteiger partial charge in [-0.3, -0.25) is 4.79 Å². The van der Waals surface area contributed by atoms with Gasteiger partial charge in [0, 0.05) is 12.2 Å². The van der Waals surface area contributed by atoms with Gasteiger partial charge in [0.05, 0.1) is 6.04 Å². The fourth-order valence-electron chi connectivity index (χ4n) is 1.37. The van der Waals surface area contributed by atoms with E-state index in [1.54, 1.807) is 19.9 Å². The van der Waals surface area contributed by atoms with Gasteiger partial charge in [-0.2, -0.15) is 9.98 Å². The van der Waals surface area contributed by atoms with Crippen LogP contribution in [0.1, 0.15) is 26.5 Å². The summed E-state index contributed by atoms with van der Waals surface area (Å²) in [5.74, 6) is -0.412. The Morgan fingerprint density at radius 3 is 2.45 bits per heavy atom. The van der Waals surface area contributed by atoms with Gasteiger partial charge >= 0.3 is 0 Å². The van der Waals surface area contributed by atoms with E-state index in [0.29, 0.717) is 0 Å². The number of hydrogen-bond donors (Lipinski definition) is 2. The summed E-state index contributed by atoms with van der Waals surface area (Å²) < 4.78 is 26.3. The summed E-state index contributed by atoms with van der Waals surface area (Å²) in [6.07, 6.45) is 1.08. The topological polar surface area (TPSA) is 112 Å². The van der Waals surface area contributed by atoms with Gasteiger partial charge in [-0.15, -0.1) is 0 Å². The maximum absolute atomic E-state index is 12.0. The molecule has 1 aromatic heterocycles. The van der Waals surface area contributed by atoms with Crippen molar-refractivity contribution in [1.82, 2.24) is 15.0 Å². The molecule has 0 aliphatic carbocycles. The van der Waals surface area contributed by atoms with Gasteiger partial charge in [0.15, 0.2) is 0 Å². The summed E-state index contributed by atoms with van der Waals surface area (Å²) >= 11 is 0. The third kappa shape index (κ3) is 4.29. The van der Waals surface area contributed by atoms with Crippen LogP contribution in [0.3, 0.4) is 0 Å². The number of carbonyl (C=O) groups is 1. The summed E-state index contributed by atoms with van der Waals surface area (Å²) in [7, 11) is -3.85. The number of nitrogens with one attached hydrogen (secondary N) is 2. The highest BCUT2D eigenvalue weighted by atomic mass is 32.2. The number of carbonyl (C=O) groups excluding carboxylic acids is 1. The lowest BCUT2D eigenvalue weighted by Gasteiger charge is -2.16. The zero-order valence-corrected chi connectivity index (χ0v) is 12.2. The van der Waals surface area contributed by atoms with Gasteiger partial charge in [-0.1, -0.05) is 0 Å². The molecule has 1 amide bonds. The molecule has 0 bridgehead atoms. The summed E-state index contributed by atoms with van der Waals surface area (Å²) in [6, 6.07) is 3.38. The van der Waals surface area contributed by atoms with Gasteiger partial charge in [0.25, 0.3) is 0 Å². The highest BCUT2D eigenvalue weighted by Gasteiger charge is 2.22. The fourth-order valence-corrected chi connectivity index (χ4v) is 2.52. The highest BCUT2D eigenvalue weighted by Crippen LogP contribution is 2.08. The fraction of sp³-hybridized carbons (Fsp3) is 0.417. The van der Waals surface area contributed by atoms with Crippen molar-refractivity contribution in [3.63, 3.8) is 0 Å². The lowest BCUT2D eigenvalue weighted by atomic mass is 10.3. The molecule has 8 heteroatoms. The Morgan fingerprint density at radius 2 is 2.00 bits per heavy atom. The second-order valence-corrected chi connectivity index (χ2v) is 6.21. The lowest BCUT2D eigenvalue weighted by molar-refractivity contribution is -0.122. The minimum absolute atomic E-state index is 0.0777. The van der Waals surface area contributed by atoms with E-state index in [4.69, 9.17) is 5.26 Å². The molecule has 1 rings (SSSR count). The molecule has 20 heavy (non-hydrogen) atoms. The Morgan fingerprint density at radius 1 is 1.35 bits per heavy atom. The van der Waals surface area contributed by atoms with Gasteiger partial charge in [0.2, 0.25) is 15.9 Å². The Balaban J connectivity index is 2.84. The molecule has 0 spiro atoms. The van der Waals surface area contributed by atoms with Crippen molar-refractivity contribution >= 4 is 15.9 Å². The number of sulfonamides is 1. The van der Waals surface area contributed by atoms with Crippen molar-refractivity contribution in [1.29, 1.82) is 5.26 Å². The zero-order valence-electron chi connectivity index (χ0n) is 11.4. The molecule has 0 saturated carbocycles. The molecule has 0 fully saturated rings. The van der Waals surface area contributed by atoms with Crippen molar-refractivity contribution in [3.8, 4) is 6.07 Å². The largest absolute Gasteiger partial charge is 0.353 e. The summed E-state index contributed by atoms with van der Waals surface area (Å²) in [4.78, 5) is 15.3. The molecular formula is C12H16N4O3S. The summed E-state index contributed by atoms with van der Waals surface area (Å²) in [5, 5.41) is 11.2. The average molecular weight is 296 g/mol. The van der Waals surface area contributed by atoms with Gasteiger partial charge in [0.1, 0.15) is 16.7 Å². The lowest BCUT2D eigenvalue weighted by Crippen LogP contribution is -2.46. The minimum Gasteiger partial charge on any atom is -0.353 e. The Labute approximate surface area is 118 Å². The number of hydrogen-bond acceptors (Lipinski definition) is 5. The van der Waals surface area contributed by atoms with Crippen LogP contribution in [-0.4, -0.2) is 31.4 Å². The number of nitrogens with zero attached hydrogens (tertiary/aromatic N) is 2. The number of rotatable bonds is 5. The molecule has 1 unspecified atom stereocenters. The van der Waals surface area contributed by atoms with E-state index in [1.165, 1.54) is 19.1 Å². The standard InChI is InChI=1S/C12H16N4O3S/c1-8(2)15-12(17)9(3)16-20(18,19)11-5-4-10(6-13)14-7-11/h4-5,7-9,16H,1-3H3,(H,15,17). The van der Waals surface area contributed by atoms with Crippen molar-refractivity contribution in [2.24, 2.45) is 0 Å². The normalized spacial score (nSPS) is 12.8. The summed E-state index contributed by atoms with van der Waals surface area (Å²) in [6.45, 7) is 5.01. The van der Waals surface area contributed by atoms with E-state index in [2.05, 4.69) is 15.0 Å². The monoisotopic (exact) mass is 296 g/mol. The predicted octanol–water partition coefficient (Wildman–Crippen LogP) is 0.145. The molecule has 2 N–H and O–H groups in total. The maximum atomic E-state index is 12.0. The van der Waals surface area contributed by atoms with Crippen LogP contribution >= 0.6 is 0 Å². The molecular weight excluding hydrogens is 280 g/mol.